The summed E-state index contributed by atoms with van der Waals surface area (Å²) in [5, 5.41) is 2.66. The van der Waals surface area contributed by atoms with Gasteiger partial charge in [-0.1, -0.05) is 28.1 Å². The molecular formula is C16H14BrF2NO. The summed E-state index contributed by atoms with van der Waals surface area (Å²) >= 11 is 3.13. The number of benzene rings is 2. The Kier molecular flexibility index (Phi) is 4.73. The van der Waals surface area contributed by atoms with Crippen LogP contribution in [-0.4, -0.2) is 5.91 Å². The van der Waals surface area contributed by atoms with E-state index in [9.17, 15) is 13.6 Å². The molecule has 2 rings (SSSR count). The maximum Gasteiger partial charge on any atom is 0.254 e. The summed E-state index contributed by atoms with van der Waals surface area (Å²) in [4.78, 5) is 12.1. The van der Waals surface area contributed by atoms with Crippen LogP contribution >= 0.6 is 15.9 Å². The molecule has 0 aliphatic carbocycles. The van der Waals surface area contributed by atoms with E-state index in [1.807, 2.05) is 0 Å². The van der Waals surface area contributed by atoms with Gasteiger partial charge in [-0.2, -0.15) is 0 Å². The topological polar surface area (TPSA) is 29.1 Å². The van der Waals surface area contributed by atoms with E-state index >= 15 is 0 Å². The van der Waals surface area contributed by atoms with E-state index in [-0.39, 0.29) is 11.4 Å². The number of hydrogen-bond acceptors (Lipinski definition) is 1. The normalized spacial score (nSPS) is 12.0. The SMILES string of the molecule is Cc1ccc(C(C)NC(=O)c2ccc(Br)cc2F)cc1F. The van der Waals surface area contributed by atoms with Crippen molar-refractivity contribution in [3.05, 3.63) is 69.2 Å². The summed E-state index contributed by atoms with van der Waals surface area (Å²) in [6.07, 6.45) is 0. The lowest BCUT2D eigenvalue weighted by molar-refractivity contribution is 0.0935. The van der Waals surface area contributed by atoms with Gasteiger partial charge < -0.3 is 5.32 Å². The highest BCUT2D eigenvalue weighted by Gasteiger charge is 2.16. The maximum atomic E-state index is 13.7. The standard InChI is InChI=1S/C16H14BrF2NO/c1-9-3-4-11(7-14(9)18)10(2)20-16(21)13-6-5-12(17)8-15(13)19/h3-8,10H,1-2H3,(H,20,21). The minimum atomic E-state index is -0.607. The van der Waals surface area contributed by atoms with Crippen molar-refractivity contribution in [2.24, 2.45) is 0 Å². The predicted octanol–water partition coefficient (Wildman–Crippen LogP) is 4.53. The fourth-order valence-electron chi connectivity index (χ4n) is 1.91. The quantitative estimate of drug-likeness (QED) is 0.862. The largest absolute Gasteiger partial charge is 0.345 e. The van der Waals surface area contributed by atoms with E-state index in [0.717, 1.165) is 0 Å². The molecule has 1 unspecified atom stereocenters. The highest BCUT2D eigenvalue weighted by Crippen LogP contribution is 2.19. The fraction of sp³-hybridized carbons (Fsp3) is 0.188. The zero-order valence-electron chi connectivity index (χ0n) is 11.6. The summed E-state index contributed by atoms with van der Waals surface area (Å²) in [6.45, 7) is 3.39. The minimum Gasteiger partial charge on any atom is -0.345 e. The van der Waals surface area contributed by atoms with Crippen molar-refractivity contribution in [2.75, 3.05) is 0 Å². The predicted molar refractivity (Wildman–Crippen MR) is 81.1 cm³/mol. The average molecular weight is 354 g/mol. The van der Waals surface area contributed by atoms with Gasteiger partial charge in [0.1, 0.15) is 11.6 Å². The number of amides is 1. The van der Waals surface area contributed by atoms with Gasteiger partial charge in [0.2, 0.25) is 0 Å². The van der Waals surface area contributed by atoms with Gasteiger partial charge in [-0.05, 0) is 49.2 Å². The minimum absolute atomic E-state index is 0.0439. The van der Waals surface area contributed by atoms with Crippen LogP contribution in [0.15, 0.2) is 40.9 Å². The maximum absolute atomic E-state index is 13.7. The van der Waals surface area contributed by atoms with Gasteiger partial charge in [-0.3, -0.25) is 4.79 Å². The van der Waals surface area contributed by atoms with Gasteiger partial charge >= 0.3 is 0 Å². The monoisotopic (exact) mass is 353 g/mol. The second-order valence-electron chi connectivity index (χ2n) is 4.83. The van der Waals surface area contributed by atoms with Crippen molar-refractivity contribution in [1.82, 2.24) is 5.32 Å². The summed E-state index contributed by atoms with van der Waals surface area (Å²) in [6, 6.07) is 8.56. The number of nitrogens with one attached hydrogen (secondary N) is 1. The third kappa shape index (κ3) is 3.67. The van der Waals surface area contributed by atoms with Crippen LogP contribution in [0.5, 0.6) is 0 Å². The van der Waals surface area contributed by atoms with Crippen LogP contribution in [0, 0.1) is 18.6 Å². The molecule has 0 bridgehead atoms. The number of aryl methyl sites for hydroxylation is 1. The molecule has 0 heterocycles. The van der Waals surface area contributed by atoms with Crippen molar-refractivity contribution >= 4 is 21.8 Å². The molecule has 0 aromatic heterocycles. The molecule has 0 aliphatic heterocycles. The lowest BCUT2D eigenvalue weighted by Crippen LogP contribution is -2.27. The van der Waals surface area contributed by atoms with Crippen molar-refractivity contribution in [1.29, 1.82) is 0 Å². The van der Waals surface area contributed by atoms with Crippen LogP contribution < -0.4 is 5.32 Å². The molecule has 1 atom stereocenters. The molecule has 2 aromatic carbocycles. The van der Waals surface area contributed by atoms with Crippen LogP contribution in [0.2, 0.25) is 0 Å². The molecule has 0 radical (unpaired) electrons. The zero-order chi connectivity index (χ0) is 15.6. The highest BCUT2D eigenvalue weighted by atomic mass is 79.9. The third-order valence-corrected chi connectivity index (χ3v) is 3.71. The van der Waals surface area contributed by atoms with Crippen LogP contribution in [0.1, 0.15) is 34.5 Å². The van der Waals surface area contributed by atoms with E-state index in [1.165, 1.54) is 18.2 Å². The first-order valence-electron chi connectivity index (χ1n) is 6.40. The van der Waals surface area contributed by atoms with Gasteiger partial charge in [0, 0.05) is 4.47 Å². The highest BCUT2D eigenvalue weighted by molar-refractivity contribution is 9.10. The Bertz CT molecular complexity index is 688. The first-order valence-corrected chi connectivity index (χ1v) is 7.19. The summed E-state index contributed by atoms with van der Waals surface area (Å²) < 4.78 is 27.8. The molecule has 0 saturated carbocycles. The number of halogens is 3. The molecule has 0 aliphatic rings. The van der Waals surface area contributed by atoms with Crippen molar-refractivity contribution < 1.29 is 13.6 Å². The molecular weight excluding hydrogens is 340 g/mol. The summed E-state index contributed by atoms with van der Waals surface area (Å²) in [5.41, 5.74) is 1.12. The Hall–Kier alpha value is -1.75. The molecule has 21 heavy (non-hydrogen) atoms. The van der Waals surface area contributed by atoms with E-state index < -0.39 is 17.8 Å². The third-order valence-electron chi connectivity index (χ3n) is 3.22. The first kappa shape index (κ1) is 15.6. The van der Waals surface area contributed by atoms with Crippen LogP contribution in [-0.2, 0) is 0 Å². The van der Waals surface area contributed by atoms with Crippen LogP contribution in [0.25, 0.3) is 0 Å². The number of carbonyl (C=O) groups is 1. The lowest BCUT2D eigenvalue weighted by Gasteiger charge is -2.15. The van der Waals surface area contributed by atoms with Crippen molar-refractivity contribution in [3.63, 3.8) is 0 Å². The van der Waals surface area contributed by atoms with E-state index in [4.69, 9.17) is 0 Å². The van der Waals surface area contributed by atoms with Crippen molar-refractivity contribution in [3.8, 4) is 0 Å². The van der Waals surface area contributed by atoms with E-state index in [2.05, 4.69) is 21.2 Å². The summed E-state index contributed by atoms with van der Waals surface area (Å²) in [5.74, 6) is -1.47. The van der Waals surface area contributed by atoms with Gasteiger partial charge in [0.05, 0.1) is 11.6 Å². The van der Waals surface area contributed by atoms with Gasteiger partial charge in [0.15, 0.2) is 0 Å². The smallest absolute Gasteiger partial charge is 0.254 e. The zero-order valence-corrected chi connectivity index (χ0v) is 13.2. The fourth-order valence-corrected chi connectivity index (χ4v) is 2.24. The number of carbonyl (C=O) groups excluding carboxylic acids is 1. The molecule has 5 heteroatoms. The Morgan fingerprint density at radius 3 is 2.48 bits per heavy atom. The molecule has 0 saturated heterocycles. The average Bonchev–Trinajstić information content (AvgIpc) is 2.41. The lowest BCUT2D eigenvalue weighted by atomic mass is 10.1. The Morgan fingerprint density at radius 2 is 1.86 bits per heavy atom. The molecule has 110 valence electrons. The van der Waals surface area contributed by atoms with E-state index in [0.29, 0.717) is 15.6 Å². The Morgan fingerprint density at radius 1 is 1.14 bits per heavy atom. The molecule has 1 amide bonds. The first-order chi connectivity index (χ1) is 9.88. The molecule has 0 fully saturated rings. The second-order valence-corrected chi connectivity index (χ2v) is 5.74. The number of hydrogen-bond donors (Lipinski definition) is 1. The van der Waals surface area contributed by atoms with Crippen LogP contribution in [0.4, 0.5) is 8.78 Å². The molecule has 2 aromatic rings. The Balaban J connectivity index is 2.16. The summed E-state index contributed by atoms with van der Waals surface area (Å²) in [7, 11) is 0. The van der Waals surface area contributed by atoms with Crippen molar-refractivity contribution in [2.45, 2.75) is 19.9 Å². The van der Waals surface area contributed by atoms with Gasteiger partial charge in [-0.15, -0.1) is 0 Å². The number of rotatable bonds is 3. The van der Waals surface area contributed by atoms with Gasteiger partial charge in [0.25, 0.3) is 5.91 Å². The Labute approximate surface area is 130 Å². The van der Waals surface area contributed by atoms with Crippen LogP contribution in [0.3, 0.4) is 0 Å². The second kappa shape index (κ2) is 6.35. The van der Waals surface area contributed by atoms with E-state index in [1.54, 1.807) is 32.0 Å². The molecule has 1 N–H and O–H groups in total. The molecule has 2 nitrogen and oxygen atoms in total. The molecule has 0 spiro atoms. The van der Waals surface area contributed by atoms with Gasteiger partial charge in [-0.25, -0.2) is 8.78 Å².